The van der Waals surface area contributed by atoms with Crippen LogP contribution in [-0.2, 0) is 20.8 Å². The number of carbonyl (C=O) groups excluding carboxylic acids is 3. The maximum Gasteiger partial charge on any atom is 0.250 e. The maximum absolute atomic E-state index is 13.9. The Labute approximate surface area is 217 Å². The summed E-state index contributed by atoms with van der Waals surface area (Å²) in [6.07, 6.45) is 1.41. The molecule has 2 aliphatic heterocycles. The van der Waals surface area contributed by atoms with Crippen LogP contribution < -0.4 is 10.2 Å². The SMILES string of the molecule is Cc1cccc(NC(=O)CN2CN(c3ccccc3)C3(CCN(C(=O)Cc4ccccc4)CC3)C2=O)c1. The number of para-hydroxylation sites is 1. The first-order valence-electron chi connectivity index (χ1n) is 12.7. The molecule has 3 aromatic carbocycles. The normalized spacial score (nSPS) is 16.8. The Morgan fingerprint density at radius 3 is 2.24 bits per heavy atom. The molecule has 0 atom stereocenters. The Bertz CT molecular complexity index is 1270. The molecular weight excluding hydrogens is 464 g/mol. The van der Waals surface area contributed by atoms with Crippen LogP contribution in [0, 0.1) is 6.92 Å². The van der Waals surface area contributed by atoms with Crippen LogP contribution in [-0.4, -0.2) is 59.4 Å². The number of hydrogen-bond donors (Lipinski definition) is 1. The fraction of sp³-hybridized carbons (Fsp3) is 0.300. The van der Waals surface area contributed by atoms with Gasteiger partial charge in [-0.1, -0.05) is 60.7 Å². The molecule has 1 N–H and O–H groups in total. The highest BCUT2D eigenvalue weighted by molar-refractivity contribution is 5.99. The van der Waals surface area contributed by atoms with Gasteiger partial charge in [0.1, 0.15) is 12.1 Å². The lowest BCUT2D eigenvalue weighted by atomic mass is 9.85. The third-order valence-corrected chi connectivity index (χ3v) is 7.36. The van der Waals surface area contributed by atoms with Crippen molar-refractivity contribution in [1.82, 2.24) is 9.80 Å². The predicted octanol–water partition coefficient (Wildman–Crippen LogP) is 3.84. The van der Waals surface area contributed by atoms with E-state index in [-0.39, 0.29) is 24.3 Å². The Hall–Kier alpha value is -4.13. The monoisotopic (exact) mass is 496 g/mol. The van der Waals surface area contributed by atoms with Gasteiger partial charge >= 0.3 is 0 Å². The molecule has 2 saturated heterocycles. The van der Waals surface area contributed by atoms with E-state index in [1.807, 2.05) is 96.8 Å². The van der Waals surface area contributed by atoms with Gasteiger partial charge in [-0.05, 0) is 55.2 Å². The summed E-state index contributed by atoms with van der Waals surface area (Å²) in [6, 6.07) is 27.2. The lowest BCUT2D eigenvalue weighted by Gasteiger charge is -2.43. The molecule has 0 bridgehead atoms. The maximum atomic E-state index is 13.9. The fourth-order valence-corrected chi connectivity index (χ4v) is 5.43. The molecule has 190 valence electrons. The molecule has 3 amide bonds. The summed E-state index contributed by atoms with van der Waals surface area (Å²) >= 11 is 0. The zero-order chi connectivity index (χ0) is 25.8. The van der Waals surface area contributed by atoms with E-state index in [0.29, 0.717) is 39.0 Å². The molecule has 0 aliphatic carbocycles. The molecule has 0 saturated carbocycles. The molecule has 2 heterocycles. The van der Waals surface area contributed by atoms with Crippen molar-refractivity contribution in [2.24, 2.45) is 0 Å². The Morgan fingerprint density at radius 1 is 0.892 bits per heavy atom. The minimum Gasteiger partial charge on any atom is -0.342 e. The number of carbonyl (C=O) groups is 3. The first-order chi connectivity index (χ1) is 17.9. The number of rotatable bonds is 6. The van der Waals surface area contributed by atoms with E-state index in [4.69, 9.17) is 0 Å². The summed E-state index contributed by atoms with van der Waals surface area (Å²) < 4.78 is 0. The molecular formula is C30H32N4O3. The zero-order valence-electron chi connectivity index (χ0n) is 21.1. The van der Waals surface area contributed by atoms with E-state index in [0.717, 1.165) is 22.5 Å². The number of piperidine rings is 1. The number of aryl methyl sites for hydroxylation is 1. The number of nitrogens with one attached hydrogen (secondary N) is 1. The number of benzene rings is 3. The second-order valence-electron chi connectivity index (χ2n) is 9.90. The summed E-state index contributed by atoms with van der Waals surface area (Å²) in [6.45, 7) is 3.29. The van der Waals surface area contributed by atoms with Gasteiger partial charge in [0.05, 0.1) is 13.1 Å². The summed E-state index contributed by atoms with van der Waals surface area (Å²) in [5, 5.41) is 2.92. The van der Waals surface area contributed by atoms with Gasteiger partial charge < -0.3 is 20.0 Å². The number of hydrogen-bond acceptors (Lipinski definition) is 4. The first-order valence-corrected chi connectivity index (χ1v) is 12.7. The largest absolute Gasteiger partial charge is 0.342 e. The Kier molecular flexibility index (Phi) is 6.95. The summed E-state index contributed by atoms with van der Waals surface area (Å²) in [5.41, 5.74) is 2.94. The van der Waals surface area contributed by atoms with Gasteiger partial charge in [-0.3, -0.25) is 14.4 Å². The van der Waals surface area contributed by atoms with Crippen molar-refractivity contribution in [3.05, 3.63) is 96.1 Å². The molecule has 7 nitrogen and oxygen atoms in total. The Balaban J connectivity index is 1.31. The van der Waals surface area contributed by atoms with E-state index >= 15 is 0 Å². The van der Waals surface area contributed by atoms with Crippen LogP contribution in [0.1, 0.15) is 24.0 Å². The second-order valence-corrected chi connectivity index (χ2v) is 9.90. The van der Waals surface area contributed by atoms with Crippen LogP contribution in [0.25, 0.3) is 0 Å². The molecule has 0 aromatic heterocycles. The summed E-state index contributed by atoms with van der Waals surface area (Å²) in [7, 11) is 0. The molecule has 0 radical (unpaired) electrons. The highest BCUT2D eigenvalue weighted by Gasteiger charge is 2.54. The standard InChI is InChI=1S/C30H32N4O3/c1-23-9-8-12-25(19-23)31-27(35)21-33-22-34(26-13-6-3-7-14-26)30(29(33)37)15-17-32(18-16-30)28(36)20-24-10-4-2-5-11-24/h2-14,19H,15-18,20-22H2,1H3,(H,31,35). The smallest absolute Gasteiger partial charge is 0.250 e. The van der Waals surface area contributed by atoms with E-state index in [2.05, 4.69) is 10.2 Å². The highest BCUT2D eigenvalue weighted by atomic mass is 16.2. The minimum absolute atomic E-state index is 0.0193. The molecule has 3 aromatic rings. The van der Waals surface area contributed by atoms with Gasteiger partial charge in [0.25, 0.3) is 5.91 Å². The molecule has 7 heteroatoms. The lowest BCUT2D eigenvalue weighted by Crippen LogP contribution is -2.57. The molecule has 0 unspecified atom stereocenters. The number of likely N-dealkylation sites (tertiary alicyclic amines) is 1. The predicted molar refractivity (Wildman–Crippen MR) is 144 cm³/mol. The number of anilines is 2. The Morgan fingerprint density at radius 2 is 1.57 bits per heavy atom. The van der Waals surface area contributed by atoms with E-state index < -0.39 is 5.54 Å². The molecule has 37 heavy (non-hydrogen) atoms. The summed E-state index contributed by atoms with van der Waals surface area (Å²) in [5.74, 6) is -0.197. The first kappa shape index (κ1) is 24.6. The summed E-state index contributed by atoms with van der Waals surface area (Å²) in [4.78, 5) is 45.4. The molecule has 2 fully saturated rings. The van der Waals surface area contributed by atoms with Crippen LogP contribution in [0.4, 0.5) is 11.4 Å². The number of nitrogens with zero attached hydrogens (tertiary/aromatic N) is 3. The second kappa shape index (κ2) is 10.5. The van der Waals surface area contributed by atoms with Gasteiger partial charge in [-0.25, -0.2) is 0 Å². The molecule has 5 rings (SSSR count). The molecule has 2 aliphatic rings. The van der Waals surface area contributed by atoms with Crippen molar-refractivity contribution in [3.8, 4) is 0 Å². The van der Waals surface area contributed by atoms with Gasteiger partial charge in [-0.15, -0.1) is 0 Å². The lowest BCUT2D eigenvalue weighted by molar-refractivity contribution is -0.139. The topological polar surface area (TPSA) is 73.0 Å². The van der Waals surface area contributed by atoms with Gasteiger partial charge in [0.15, 0.2) is 0 Å². The van der Waals surface area contributed by atoms with Crippen molar-refractivity contribution in [1.29, 1.82) is 0 Å². The van der Waals surface area contributed by atoms with Crippen molar-refractivity contribution in [3.63, 3.8) is 0 Å². The van der Waals surface area contributed by atoms with Crippen LogP contribution in [0.15, 0.2) is 84.9 Å². The van der Waals surface area contributed by atoms with Crippen molar-refractivity contribution >= 4 is 29.1 Å². The van der Waals surface area contributed by atoms with Gasteiger partial charge in [0.2, 0.25) is 11.8 Å². The van der Waals surface area contributed by atoms with E-state index in [1.54, 1.807) is 4.90 Å². The minimum atomic E-state index is -0.769. The zero-order valence-corrected chi connectivity index (χ0v) is 21.1. The fourth-order valence-electron chi connectivity index (χ4n) is 5.43. The van der Waals surface area contributed by atoms with Gasteiger partial charge in [-0.2, -0.15) is 0 Å². The van der Waals surface area contributed by atoms with Crippen molar-refractivity contribution in [2.75, 3.05) is 36.5 Å². The third kappa shape index (κ3) is 5.21. The van der Waals surface area contributed by atoms with Crippen molar-refractivity contribution in [2.45, 2.75) is 31.7 Å². The quantitative estimate of drug-likeness (QED) is 0.563. The average molecular weight is 497 g/mol. The van der Waals surface area contributed by atoms with Crippen molar-refractivity contribution < 1.29 is 14.4 Å². The van der Waals surface area contributed by atoms with Crippen LogP contribution >= 0.6 is 0 Å². The average Bonchev–Trinajstić information content (AvgIpc) is 3.16. The highest BCUT2D eigenvalue weighted by Crippen LogP contribution is 2.39. The third-order valence-electron chi connectivity index (χ3n) is 7.36. The van der Waals surface area contributed by atoms with E-state index in [1.165, 1.54) is 0 Å². The van der Waals surface area contributed by atoms with Gasteiger partial charge in [0, 0.05) is 24.5 Å². The molecule has 1 spiro atoms. The van der Waals surface area contributed by atoms with Crippen LogP contribution in [0.3, 0.4) is 0 Å². The van der Waals surface area contributed by atoms with Crippen LogP contribution in [0.2, 0.25) is 0 Å². The van der Waals surface area contributed by atoms with E-state index in [9.17, 15) is 14.4 Å². The van der Waals surface area contributed by atoms with Crippen LogP contribution in [0.5, 0.6) is 0 Å². The number of amides is 3.